The third kappa shape index (κ3) is 2.24. The largest absolute Gasteiger partial charge is 0.478 e. The van der Waals surface area contributed by atoms with Gasteiger partial charge in [0.1, 0.15) is 5.69 Å². The lowest BCUT2D eigenvalue weighted by Gasteiger charge is -2.01. The van der Waals surface area contributed by atoms with Gasteiger partial charge in [0.05, 0.1) is 11.1 Å². The molecular formula is C14H8Cl2N2O2. The third-order valence-corrected chi connectivity index (χ3v) is 3.38. The number of benzene rings is 2. The highest BCUT2D eigenvalue weighted by Crippen LogP contribution is 2.31. The van der Waals surface area contributed by atoms with Gasteiger partial charge in [0.15, 0.2) is 0 Å². The van der Waals surface area contributed by atoms with Gasteiger partial charge in [-0.05, 0) is 36.4 Å². The minimum atomic E-state index is -0.983. The lowest BCUT2D eigenvalue weighted by molar-refractivity contribution is 0.0697. The zero-order valence-corrected chi connectivity index (χ0v) is 11.5. The summed E-state index contributed by atoms with van der Waals surface area (Å²) in [5, 5.41) is 17.8. The Hall–Kier alpha value is -2.04. The second-order valence-corrected chi connectivity index (χ2v) is 5.17. The number of hydrogen-bond acceptors (Lipinski definition) is 2. The molecule has 0 fully saturated rings. The van der Waals surface area contributed by atoms with E-state index in [2.05, 4.69) is 10.2 Å². The average molecular weight is 307 g/mol. The van der Waals surface area contributed by atoms with E-state index in [0.29, 0.717) is 21.1 Å². The Kier molecular flexibility index (Phi) is 3.12. The molecule has 1 aromatic heterocycles. The van der Waals surface area contributed by atoms with E-state index in [9.17, 15) is 4.79 Å². The number of aromatic carboxylic acids is 1. The number of halogens is 2. The topological polar surface area (TPSA) is 66.0 Å². The Morgan fingerprint density at radius 1 is 1.10 bits per heavy atom. The van der Waals surface area contributed by atoms with Crippen molar-refractivity contribution in [2.24, 2.45) is 0 Å². The maximum Gasteiger partial charge on any atom is 0.335 e. The van der Waals surface area contributed by atoms with Gasteiger partial charge < -0.3 is 5.11 Å². The smallest absolute Gasteiger partial charge is 0.335 e. The fourth-order valence-electron chi connectivity index (χ4n) is 2.06. The van der Waals surface area contributed by atoms with Crippen LogP contribution in [0.1, 0.15) is 10.4 Å². The predicted molar refractivity (Wildman–Crippen MR) is 78.5 cm³/mol. The molecule has 2 aromatic carbocycles. The number of aromatic nitrogens is 2. The van der Waals surface area contributed by atoms with Crippen LogP contribution >= 0.6 is 23.2 Å². The molecule has 1 heterocycles. The maximum absolute atomic E-state index is 11.0. The number of carbonyl (C=O) groups is 1. The zero-order chi connectivity index (χ0) is 14.3. The Morgan fingerprint density at radius 2 is 1.80 bits per heavy atom. The van der Waals surface area contributed by atoms with Crippen LogP contribution in [0, 0.1) is 0 Å². The van der Waals surface area contributed by atoms with Gasteiger partial charge in [-0.1, -0.05) is 23.2 Å². The zero-order valence-electron chi connectivity index (χ0n) is 10.0. The molecular weight excluding hydrogens is 299 g/mol. The first kappa shape index (κ1) is 13.0. The Labute approximate surface area is 123 Å². The molecule has 0 saturated heterocycles. The van der Waals surface area contributed by atoms with Gasteiger partial charge in [0.25, 0.3) is 0 Å². The van der Waals surface area contributed by atoms with Gasteiger partial charge in [0.2, 0.25) is 0 Å². The second kappa shape index (κ2) is 4.81. The first-order valence-corrected chi connectivity index (χ1v) is 6.48. The lowest BCUT2D eigenvalue weighted by atomic mass is 10.1. The number of carboxylic acids is 1. The number of rotatable bonds is 2. The van der Waals surface area contributed by atoms with Gasteiger partial charge in [-0.3, -0.25) is 5.10 Å². The van der Waals surface area contributed by atoms with Crippen LogP contribution in [0.15, 0.2) is 36.4 Å². The van der Waals surface area contributed by atoms with Crippen LogP contribution in [0.3, 0.4) is 0 Å². The molecule has 0 aliphatic carbocycles. The standard InChI is InChI=1S/C14H8Cl2N2O2/c15-9-3-8(4-10(16)6-9)13-11-5-7(14(19)20)1-2-12(11)17-18-13/h1-6H,(H,17,18)(H,19,20). The van der Waals surface area contributed by atoms with Crippen molar-refractivity contribution in [3.8, 4) is 11.3 Å². The highest BCUT2D eigenvalue weighted by Gasteiger charge is 2.12. The minimum absolute atomic E-state index is 0.202. The molecule has 100 valence electrons. The van der Waals surface area contributed by atoms with E-state index in [1.807, 2.05) is 0 Å². The summed E-state index contributed by atoms with van der Waals surface area (Å²) in [6.07, 6.45) is 0. The van der Waals surface area contributed by atoms with Crippen LogP contribution in [-0.2, 0) is 0 Å². The van der Waals surface area contributed by atoms with Crippen molar-refractivity contribution in [3.05, 3.63) is 52.0 Å². The van der Waals surface area contributed by atoms with E-state index in [1.54, 1.807) is 30.3 Å². The van der Waals surface area contributed by atoms with E-state index in [1.165, 1.54) is 6.07 Å². The summed E-state index contributed by atoms with van der Waals surface area (Å²) in [6.45, 7) is 0. The number of fused-ring (bicyclic) bond motifs is 1. The van der Waals surface area contributed by atoms with Crippen LogP contribution in [0.2, 0.25) is 10.0 Å². The van der Waals surface area contributed by atoms with Crippen LogP contribution in [0.25, 0.3) is 22.2 Å². The molecule has 3 aromatic rings. The summed E-state index contributed by atoms with van der Waals surface area (Å²) in [4.78, 5) is 11.0. The summed E-state index contributed by atoms with van der Waals surface area (Å²) in [6, 6.07) is 9.88. The molecule has 0 unspecified atom stereocenters. The molecule has 0 saturated carbocycles. The monoisotopic (exact) mass is 306 g/mol. The highest BCUT2D eigenvalue weighted by atomic mass is 35.5. The molecule has 0 bridgehead atoms. The maximum atomic E-state index is 11.0. The molecule has 0 spiro atoms. The van der Waals surface area contributed by atoms with Gasteiger partial charge in [0, 0.05) is 21.0 Å². The van der Waals surface area contributed by atoms with E-state index >= 15 is 0 Å². The molecule has 0 amide bonds. The van der Waals surface area contributed by atoms with E-state index in [4.69, 9.17) is 28.3 Å². The van der Waals surface area contributed by atoms with Crippen molar-refractivity contribution in [1.82, 2.24) is 10.2 Å². The first-order chi connectivity index (χ1) is 9.54. The summed E-state index contributed by atoms with van der Waals surface area (Å²) >= 11 is 12.0. The van der Waals surface area contributed by atoms with Gasteiger partial charge in [-0.2, -0.15) is 5.10 Å². The number of hydrogen-bond donors (Lipinski definition) is 2. The predicted octanol–water partition coefficient (Wildman–Crippen LogP) is 4.23. The highest BCUT2D eigenvalue weighted by molar-refractivity contribution is 6.35. The summed E-state index contributed by atoms with van der Waals surface area (Å²) in [5.41, 5.74) is 2.30. The molecule has 20 heavy (non-hydrogen) atoms. The normalized spacial score (nSPS) is 10.9. The van der Waals surface area contributed by atoms with Crippen molar-refractivity contribution in [1.29, 1.82) is 0 Å². The summed E-state index contributed by atoms with van der Waals surface area (Å²) in [5.74, 6) is -0.983. The minimum Gasteiger partial charge on any atom is -0.478 e. The van der Waals surface area contributed by atoms with Gasteiger partial charge >= 0.3 is 5.97 Å². The van der Waals surface area contributed by atoms with Crippen LogP contribution < -0.4 is 0 Å². The van der Waals surface area contributed by atoms with Crippen molar-refractivity contribution in [2.45, 2.75) is 0 Å². The summed E-state index contributed by atoms with van der Waals surface area (Å²) in [7, 11) is 0. The van der Waals surface area contributed by atoms with Crippen LogP contribution in [0.5, 0.6) is 0 Å². The molecule has 2 N–H and O–H groups in total. The van der Waals surface area contributed by atoms with Crippen molar-refractivity contribution in [2.75, 3.05) is 0 Å². The first-order valence-electron chi connectivity index (χ1n) is 5.72. The molecule has 3 rings (SSSR count). The number of carboxylic acid groups (broad SMARTS) is 1. The Balaban J connectivity index is 2.25. The number of aromatic amines is 1. The quantitative estimate of drug-likeness (QED) is 0.744. The molecule has 0 radical (unpaired) electrons. The van der Waals surface area contributed by atoms with Gasteiger partial charge in [-0.15, -0.1) is 0 Å². The Morgan fingerprint density at radius 3 is 2.45 bits per heavy atom. The Bertz CT molecular complexity index is 807. The fourth-order valence-corrected chi connectivity index (χ4v) is 2.58. The van der Waals surface area contributed by atoms with Crippen LogP contribution in [0.4, 0.5) is 0 Å². The third-order valence-electron chi connectivity index (χ3n) is 2.95. The number of nitrogens with zero attached hydrogens (tertiary/aromatic N) is 1. The molecule has 0 atom stereocenters. The van der Waals surface area contributed by atoms with Crippen molar-refractivity contribution >= 4 is 40.1 Å². The van der Waals surface area contributed by atoms with E-state index < -0.39 is 5.97 Å². The molecule has 6 heteroatoms. The lowest BCUT2D eigenvalue weighted by Crippen LogP contribution is -1.94. The fraction of sp³-hybridized carbons (Fsp3) is 0. The molecule has 0 aliphatic rings. The number of nitrogens with one attached hydrogen (secondary N) is 1. The summed E-state index contributed by atoms with van der Waals surface area (Å²) < 4.78 is 0. The van der Waals surface area contributed by atoms with Crippen molar-refractivity contribution < 1.29 is 9.90 Å². The van der Waals surface area contributed by atoms with Crippen molar-refractivity contribution in [3.63, 3.8) is 0 Å². The second-order valence-electron chi connectivity index (χ2n) is 4.30. The SMILES string of the molecule is O=C(O)c1ccc2[nH]nc(-c3cc(Cl)cc(Cl)c3)c2c1. The van der Waals surface area contributed by atoms with E-state index in [0.717, 1.165) is 11.1 Å². The average Bonchev–Trinajstić information content (AvgIpc) is 2.80. The molecule has 4 nitrogen and oxygen atoms in total. The van der Waals surface area contributed by atoms with Gasteiger partial charge in [-0.25, -0.2) is 4.79 Å². The van der Waals surface area contributed by atoms with Crippen LogP contribution in [-0.4, -0.2) is 21.3 Å². The number of H-pyrrole nitrogens is 1. The molecule has 0 aliphatic heterocycles. The van der Waals surface area contributed by atoms with E-state index in [-0.39, 0.29) is 5.56 Å².